The topological polar surface area (TPSA) is 133 Å². The van der Waals surface area contributed by atoms with Crippen LogP contribution in [0.4, 0.5) is 23.1 Å². The van der Waals surface area contributed by atoms with Gasteiger partial charge in [0.25, 0.3) is 5.91 Å². The zero-order chi connectivity index (χ0) is 29.4. The molecule has 3 N–H and O–H groups in total. The van der Waals surface area contributed by atoms with Crippen LogP contribution in [0, 0.1) is 11.8 Å². The standard InChI is InChI=1S/C31H35N9O3/c1-2-42-14-4-6-28(41)37-24-5-3-11-40(20-24)31-32-18-25(19-33-31)36-23-9-7-22(8-10-23)27-17-26-29(38-27)34-21-35-30(26)39-12-15-43-16-13-39/h7-10,17-19,21,24,36H,2-3,5,11-16,20H2,1H3,(H,37,41)(H,34,35,38)/t24-/m1/s1. The van der Waals surface area contributed by atoms with Crippen molar-refractivity contribution in [2.45, 2.75) is 25.8 Å². The van der Waals surface area contributed by atoms with E-state index in [1.807, 2.05) is 19.1 Å². The summed E-state index contributed by atoms with van der Waals surface area (Å²) in [5, 5.41) is 7.37. The molecule has 6 rings (SSSR count). The molecule has 5 heterocycles. The third-order valence-electron chi connectivity index (χ3n) is 7.46. The first-order chi connectivity index (χ1) is 21.2. The summed E-state index contributed by atoms with van der Waals surface area (Å²) >= 11 is 0. The number of nitrogens with zero attached hydrogens (tertiary/aromatic N) is 6. The van der Waals surface area contributed by atoms with Gasteiger partial charge < -0.3 is 34.9 Å². The van der Waals surface area contributed by atoms with Gasteiger partial charge in [0.05, 0.1) is 36.7 Å². The van der Waals surface area contributed by atoms with Crippen LogP contribution in [0.3, 0.4) is 0 Å². The summed E-state index contributed by atoms with van der Waals surface area (Å²) in [6.45, 7) is 7.25. The van der Waals surface area contributed by atoms with Gasteiger partial charge in [-0.05, 0) is 49.4 Å². The van der Waals surface area contributed by atoms with E-state index >= 15 is 0 Å². The van der Waals surface area contributed by atoms with Crippen LogP contribution >= 0.6 is 0 Å². The number of H-pyrrole nitrogens is 1. The predicted octanol–water partition coefficient (Wildman–Crippen LogP) is 3.12. The number of nitrogens with one attached hydrogen (secondary N) is 3. The molecule has 1 atom stereocenters. The van der Waals surface area contributed by atoms with Crippen LogP contribution in [0.25, 0.3) is 22.3 Å². The van der Waals surface area contributed by atoms with Crippen molar-refractivity contribution in [3.05, 3.63) is 49.1 Å². The van der Waals surface area contributed by atoms with Gasteiger partial charge in [-0.15, -0.1) is 0 Å². The number of hydrogen-bond acceptors (Lipinski definition) is 10. The second kappa shape index (κ2) is 13.5. The summed E-state index contributed by atoms with van der Waals surface area (Å²) in [5.41, 5.74) is 4.57. The number of anilines is 4. The highest BCUT2D eigenvalue weighted by molar-refractivity contribution is 5.94. The lowest BCUT2D eigenvalue weighted by atomic mass is 10.1. The van der Waals surface area contributed by atoms with Crippen LogP contribution in [0.1, 0.15) is 19.8 Å². The number of carbonyl (C=O) groups excluding carboxylic acids is 1. The average molecular weight is 582 g/mol. The molecule has 1 aromatic carbocycles. The van der Waals surface area contributed by atoms with Gasteiger partial charge in [0, 0.05) is 50.2 Å². The van der Waals surface area contributed by atoms with Gasteiger partial charge in [0.2, 0.25) is 5.95 Å². The lowest BCUT2D eigenvalue weighted by Crippen LogP contribution is -2.48. The molecule has 12 nitrogen and oxygen atoms in total. The van der Waals surface area contributed by atoms with Crippen LogP contribution in [-0.4, -0.2) is 89.5 Å². The molecule has 4 aromatic rings. The average Bonchev–Trinajstić information content (AvgIpc) is 3.49. The van der Waals surface area contributed by atoms with Crippen LogP contribution < -0.4 is 20.4 Å². The third-order valence-corrected chi connectivity index (χ3v) is 7.46. The minimum atomic E-state index is -0.283. The quantitative estimate of drug-likeness (QED) is 0.211. The maximum Gasteiger partial charge on any atom is 0.296 e. The number of piperidine rings is 1. The zero-order valence-corrected chi connectivity index (χ0v) is 24.2. The van der Waals surface area contributed by atoms with E-state index < -0.39 is 0 Å². The molecule has 2 fully saturated rings. The Morgan fingerprint density at radius 3 is 2.67 bits per heavy atom. The molecule has 0 saturated carbocycles. The van der Waals surface area contributed by atoms with Crippen molar-refractivity contribution in [3.8, 4) is 23.1 Å². The van der Waals surface area contributed by atoms with E-state index in [1.165, 1.54) is 0 Å². The smallest absolute Gasteiger partial charge is 0.296 e. The van der Waals surface area contributed by atoms with Gasteiger partial charge in [-0.25, -0.2) is 19.9 Å². The number of aromatic amines is 1. The highest BCUT2D eigenvalue weighted by Gasteiger charge is 2.23. The highest BCUT2D eigenvalue weighted by atomic mass is 16.5. The number of benzene rings is 1. The summed E-state index contributed by atoms with van der Waals surface area (Å²) in [6, 6.07) is 10.3. The summed E-state index contributed by atoms with van der Waals surface area (Å²) in [5.74, 6) is 6.61. The number of fused-ring (bicyclic) bond motifs is 1. The molecule has 12 heteroatoms. The first kappa shape index (κ1) is 28.4. The highest BCUT2D eigenvalue weighted by Crippen LogP contribution is 2.30. The Kier molecular flexibility index (Phi) is 8.91. The van der Waals surface area contributed by atoms with Crippen molar-refractivity contribution in [3.63, 3.8) is 0 Å². The molecule has 0 radical (unpaired) electrons. The number of carbonyl (C=O) groups is 1. The summed E-state index contributed by atoms with van der Waals surface area (Å²) in [4.78, 5) is 38.1. The largest absolute Gasteiger partial charge is 0.378 e. The maximum atomic E-state index is 12.1. The number of rotatable bonds is 8. The minimum Gasteiger partial charge on any atom is -0.378 e. The minimum absolute atomic E-state index is 0.00201. The SMILES string of the molecule is CCOCC#CC(=O)N[C@@H]1CCCN(c2ncc(Nc3ccc(-c4cc5c(N6CCOCC6)ncnc5[nH]4)cc3)cn2)C1. The Morgan fingerprint density at radius 1 is 1.07 bits per heavy atom. The normalized spacial score (nSPS) is 16.9. The van der Waals surface area contributed by atoms with E-state index in [1.54, 1.807) is 18.7 Å². The van der Waals surface area contributed by atoms with Crippen LogP contribution in [0.2, 0.25) is 0 Å². The molecule has 222 valence electrons. The molecule has 1 amide bonds. The Morgan fingerprint density at radius 2 is 1.88 bits per heavy atom. The predicted molar refractivity (Wildman–Crippen MR) is 165 cm³/mol. The van der Waals surface area contributed by atoms with Gasteiger partial charge in [-0.2, -0.15) is 0 Å². The fourth-order valence-corrected chi connectivity index (χ4v) is 5.33. The monoisotopic (exact) mass is 581 g/mol. The molecular weight excluding hydrogens is 546 g/mol. The maximum absolute atomic E-state index is 12.1. The van der Waals surface area contributed by atoms with E-state index in [2.05, 4.69) is 75.4 Å². The summed E-state index contributed by atoms with van der Waals surface area (Å²) < 4.78 is 10.7. The lowest BCUT2D eigenvalue weighted by molar-refractivity contribution is -0.116. The molecule has 2 saturated heterocycles. The molecule has 2 aliphatic heterocycles. The Bertz CT molecular complexity index is 1590. The lowest BCUT2D eigenvalue weighted by Gasteiger charge is -2.32. The van der Waals surface area contributed by atoms with E-state index in [-0.39, 0.29) is 18.6 Å². The van der Waals surface area contributed by atoms with Crippen LogP contribution in [-0.2, 0) is 14.3 Å². The van der Waals surface area contributed by atoms with Gasteiger partial charge in [0.15, 0.2) is 0 Å². The van der Waals surface area contributed by atoms with Crippen molar-refractivity contribution >= 4 is 40.1 Å². The Balaban J connectivity index is 1.06. The number of hydrogen-bond donors (Lipinski definition) is 3. The molecule has 0 spiro atoms. The van der Waals surface area contributed by atoms with E-state index in [0.717, 1.165) is 72.0 Å². The summed E-state index contributed by atoms with van der Waals surface area (Å²) in [7, 11) is 0. The number of ether oxygens (including phenoxy) is 2. The van der Waals surface area contributed by atoms with E-state index in [4.69, 9.17) is 9.47 Å². The fraction of sp³-hybridized carbons (Fsp3) is 0.387. The van der Waals surface area contributed by atoms with Crippen LogP contribution in [0.15, 0.2) is 49.1 Å². The van der Waals surface area contributed by atoms with Crippen molar-refractivity contribution in [2.24, 2.45) is 0 Å². The number of morpholine rings is 1. The third kappa shape index (κ3) is 7.02. The van der Waals surface area contributed by atoms with Crippen molar-refractivity contribution in [1.29, 1.82) is 0 Å². The first-order valence-electron chi connectivity index (χ1n) is 14.6. The van der Waals surface area contributed by atoms with Crippen LogP contribution in [0.5, 0.6) is 0 Å². The molecular formula is C31H35N9O3. The fourth-order valence-electron chi connectivity index (χ4n) is 5.33. The van der Waals surface area contributed by atoms with Crippen molar-refractivity contribution in [2.75, 3.05) is 67.7 Å². The second-order valence-corrected chi connectivity index (χ2v) is 10.4. The van der Waals surface area contributed by atoms with Crippen molar-refractivity contribution < 1.29 is 14.3 Å². The Labute approximate surface area is 250 Å². The van der Waals surface area contributed by atoms with Crippen molar-refractivity contribution in [1.82, 2.24) is 30.2 Å². The first-order valence-corrected chi connectivity index (χ1v) is 14.6. The Hall–Kier alpha value is -4.73. The number of aromatic nitrogens is 5. The van der Waals surface area contributed by atoms with E-state index in [9.17, 15) is 4.79 Å². The van der Waals surface area contributed by atoms with E-state index in [0.29, 0.717) is 32.3 Å². The molecule has 43 heavy (non-hydrogen) atoms. The van der Waals surface area contributed by atoms with Gasteiger partial charge in [-0.3, -0.25) is 4.79 Å². The van der Waals surface area contributed by atoms with Gasteiger partial charge in [0.1, 0.15) is 24.4 Å². The summed E-state index contributed by atoms with van der Waals surface area (Å²) in [6.07, 6.45) is 7.00. The van der Waals surface area contributed by atoms with Gasteiger partial charge in [-0.1, -0.05) is 18.1 Å². The van der Waals surface area contributed by atoms with Gasteiger partial charge >= 0.3 is 0 Å². The second-order valence-electron chi connectivity index (χ2n) is 10.4. The molecule has 3 aromatic heterocycles. The molecule has 0 bridgehead atoms. The number of amides is 1. The molecule has 0 unspecified atom stereocenters. The molecule has 2 aliphatic rings. The zero-order valence-electron chi connectivity index (χ0n) is 24.2. The molecule has 0 aliphatic carbocycles.